The Balaban J connectivity index is 1.31. The first-order valence-electron chi connectivity index (χ1n) is 8.33. The maximum absolute atomic E-state index is 6.37. The molecule has 0 aromatic carbocycles. The van der Waals surface area contributed by atoms with Gasteiger partial charge in [0.1, 0.15) is 0 Å². The average Bonchev–Trinajstić information content (AvgIpc) is 3.07. The van der Waals surface area contributed by atoms with Gasteiger partial charge >= 0.3 is 0 Å². The maximum Gasteiger partial charge on any atom is 0.0708 e. The molecule has 1 saturated carbocycles. The van der Waals surface area contributed by atoms with Crippen molar-refractivity contribution in [3.63, 3.8) is 0 Å². The van der Waals surface area contributed by atoms with Gasteiger partial charge in [0.2, 0.25) is 0 Å². The van der Waals surface area contributed by atoms with E-state index in [-0.39, 0.29) is 5.60 Å². The van der Waals surface area contributed by atoms with Crippen molar-refractivity contribution < 1.29 is 9.47 Å². The Hall–Kier alpha value is -0.120. The lowest BCUT2D eigenvalue weighted by molar-refractivity contribution is -0.0623. The highest BCUT2D eigenvalue weighted by Gasteiger charge is 2.40. The third-order valence-corrected chi connectivity index (χ3v) is 5.23. The lowest BCUT2D eigenvalue weighted by Crippen LogP contribution is -2.35. The predicted octanol–water partition coefficient (Wildman–Crippen LogP) is 2.88. The van der Waals surface area contributed by atoms with Crippen molar-refractivity contribution in [3.05, 3.63) is 0 Å². The first-order chi connectivity index (χ1) is 9.36. The van der Waals surface area contributed by atoms with Crippen LogP contribution < -0.4 is 5.32 Å². The Bertz CT molecular complexity index is 270. The zero-order valence-electron chi connectivity index (χ0n) is 12.2. The van der Waals surface area contributed by atoms with Crippen LogP contribution in [0.3, 0.4) is 0 Å². The lowest BCUT2D eigenvalue weighted by Gasteiger charge is -2.33. The smallest absolute Gasteiger partial charge is 0.0708 e. The largest absolute Gasteiger partial charge is 0.381 e. The molecule has 3 fully saturated rings. The number of ether oxygens (including phenoxy) is 2. The fourth-order valence-corrected chi connectivity index (χ4v) is 3.98. The maximum atomic E-state index is 6.37. The zero-order valence-corrected chi connectivity index (χ0v) is 12.2. The number of nitrogens with one attached hydrogen (secondary N) is 1. The van der Waals surface area contributed by atoms with Crippen LogP contribution in [0, 0.1) is 5.92 Å². The third kappa shape index (κ3) is 3.71. The molecule has 0 radical (unpaired) electrons. The summed E-state index contributed by atoms with van der Waals surface area (Å²) >= 11 is 0. The van der Waals surface area contributed by atoms with Crippen LogP contribution in [-0.2, 0) is 9.47 Å². The molecule has 2 aliphatic heterocycles. The van der Waals surface area contributed by atoms with Crippen molar-refractivity contribution in [1.29, 1.82) is 0 Å². The summed E-state index contributed by atoms with van der Waals surface area (Å²) in [6.45, 7) is 4.12. The Labute approximate surface area is 117 Å². The summed E-state index contributed by atoms with van der Waals surface area (Å²) in [5.74, 6) is 0.793. The van der Waals surface area contributed by atoms with Gasteiger partial charge in [-0.2, -0.15) is 0 Å². The molecule has 3 heteroatoms. The highest BCUT2D eigenvalue weighted by atomic mass is 16.5. The molecular weight excluding hydrogens is 238 g/mol. The van der Waals surface area contributed by atoms with Gasteiger partial charge in [-0.25, -0.2) is 0 Å². The molecule has 2 saturated heterocycles. The second kappa shape index (κ2) is 6.55. The van der Waals surface area contributed by atoms with Crippen LogP contribution >= 0.6 is 0 Å². The number of rotatable bonds is 5. The van der Waals surface area contributed by atoms with Crippen molar-refractivity contribution in [1.82, 2.24) is 5.32 Å². The third-order valence-electron chi connectivity index (χ3n) is 5.23. The van der Waals surface area contributed by atoms with E-state index in [1.54, 1.807) is 0 Å². The summed E-state index contributed by atoms with van der Waals surface area (Å²) < 4.78 is 11.8. The minimum absolute atomic E-state index is 0.282. The molecule has 1 spiro atoms. The van der Waals surface area contributed by atoms with Gasteiger partial charge in [-0.1, -0.05) is 19.3 Å². The Kier molecular flexibility index (Phi) is 4.78. The van der Waals surface area contributed by atoms with Gasteiger partial charge in [0.25, 0.3) is 0 Å². The van der Waals surface area contributed by atoms with E-state index in [1.807, 2.05) is 0 Å². The Morgan fingerprint density at radius 3 is 2.74 bits per heavy atom. The SMILES string of the molecule is C1CCC2(CC1)CCC(CNCCC1CCOC1)O2. The first kappa shape index (κ1) is 13.8. The molecule has 110 valence electrons. The molecule has 1 aliphatic carbocycles. The van der Waals surface area contributed by atoms with Crippen molar-refractivity contribution in [2.75, 3.05) is 26.3 Å². The molecule has 0 bridgehead atoms. The average molecular weight is 267 g/mol. The Morgan fingerprint density at radius 2 is 1.95 bits per heavy atom. The van der Waals surface area contributed by atoms with Crippen LogP contribution in [0.25, 0.3) is 0 Å². The second-order valence-electron chi connectivity index (χ2n) is 6.74. The van der Waals surface area contributed by atoms with E-state index in [0.29, 0.717) is 6.10 Å². The molecule has 2 atom stereocenters. The molecule has 0 amide bonds. The quantitative estimate of drug-likeness (QED) is 0.777. The summed E-state index contributed by atoms with van der Waals surface area (Å²) in [6.07, 6.45) is 12.3. The van der Waals surface area contributed by atoms with E-state index in [1.165, 1.54) is 57.8 Å². The Morgan fingerprint density at radius 1 is 1.05 bits per heavy atom. The molecule has 1 N–H and O–H groups in total. The summed E-state index contributed by atoms with van der Waals surface area (Å²) in [5.41, 5.74) is 0.282. The highest BCUT2D eigenvalue weighted by Crippen LogP contribution is 2.41. The number of hydrogen-bond acceptors (Lipinski definition) is 3. The predicted molar refractivity (Wildman–Crippen MR) is 76.3 cm³/mol. The fourth-order valence-electron chi connectivity index (χ4n) is 3.98. The van der Waals surface area contributed by atoms with Gasteiger partial charge in [-0.05, 0) is 51.0 Å². The molecule has 19 heavy (non-hydrogen) atoms. The molecule has 2 heterocycles. The normalized spacial score (nSPS) is 34.1. The van der Waals surface area contributed by atoms with Crippen LogP contribution in [0.15, 0.2) is 0 Å². The summed E-state index contributed by atoms with van der Waals surface area (Å²) in [4.78, 5) is 0. The lowest BCUT2D eigenvalue weighted by atomic mass is 9.83. The first-order valence-corrected chi connectivity index (χ1v) is 8.33. The molecule has 0 aromatic rings. The second-order valence-corrected chi connectivity index (χ2v) is 6.74. The topological polar surface area (TPSA) is 30.5 Å². The molecule has 2 unspecified atom stereocenters. The van der Waals surface area contributed by atoms with E-state index < -0.39 is 0 Å². The zero-order chi connectivity index (χ0) is 13.0. The van der Waals surface area contributed by atoms with Crippen LogP contribution in [0.2, 0.25) is 0 Å². The molecule has 0 aromatic heterocycles. The van der Waals surface area contributed by atoms with Crippen molar-refractivity contribution >= 4 is 0 Å². The van der Waals surface area contributed by atoms with Crippen molar-refractivity contribution in [2.45, 2.75) is 69.5 Å². The van der Waals surface area contributed by atoms with E-state index in [0.717, 1.165) is 32.2 Å². The summed E-state index contributed by atoms with van der Waals surface area (Å²) in [5, 5.41) is 3.60. The van der Waals surface area contributed by atoms with Gasteiger partial charge < -0.3 is 14.8 Å². The van der Waals surface area contributed by atoms with E-state index >= 15 is 0 Å². The van der Waals surface area contributed by atoms with Crippen LogP contribution in [0.1, 0.15) is 57.8 Å². The standard InChI is InChI=1S/C16H29NO2/c1-2-7-16(8-3-1)9-4-15(19-16)12-17-10-5-14-6-11-18-13-14/h14-15,17H,1-13H2. The minimum atomic E-state index is 0.282. The van der Waals surface area contributed by atoms with Gasteiger partial charge in [0.05, 0.1) is 11.7 Å². The van der Waals surface area contributed by atoms with Gasteiger partial charge in [-0.3, -0.25) is 0 Å². The van der Waals surface area contributed by atoms with Crippen LogP contribution in [0.4, 0.5) is 0 Å². The van der Waals surface area contributed by atoms with Crippen molar-refractivity contribution in [3.8, 4) is 0 Å². The molecule has 3 aliphatic rings. The van der Waals surface area contributed by atoms with Crippen LogP contribution in [0.5, 0.6) is 0 Å². The number of hydrogen-bond donors (Lipinski definition) is 1. The van der Waals surface area contributed by atoms with Crippen LogP contribution in [-0.4, -0.2) is 38.0 Å². The minimum Gasteiger partial charge on any atom is -0.381 e. The van der Waals surface area contributed by atoms with E-state index in [2.05, 4.69) is 5.32 Å². The monoisotopic (exact) mass is 267 g/mol. The van der Waals surface area contributed by atoms with E-state index in [9.17, 15) is 0 Å². The van der Waals surface area contributed by atoms with Gasteiger partial charge in [0, 0.05) is 19.8 Å². The molecule has 3 rings (SSSR count). The fraction of sp³-hybridized carbons (Fsp3) is 1.00. The van der Waals surface area contributed by atoms with Gasteiger partial charge in [0.15, 0.2) is 0 Å². The van der Waals surface area contributed by atoms with Crippen molar-refractivity contribution in [2.24, 2.45) is 5.92 Å². The summed E-state index contributed by atoms with van der Waals surface area (Å²) in [7, 11) is 0. The molecular formula is C16H29NO2. The van der Waals surface area contributed by atoms with Gasteiger partial charge in [-0.15, -0.1) is 0 Å². The molecule has 3 nitrogen and oxygen atoms in total. The van der Waals surface area contributed by atoms with E-state index in [4.69, 9.17) is 9.47 Å². The summed E-state index contributed by atoms with van der Waals surface area (Å²) in [6, 6.07) is 0. The highest BCUT2D eigenvalue weighted by molar-refractivity contribution is 4.91.